The number of para-hydroxylation sites is 1. The number of hydrogen-bond donors (Lipinski definition) is 1. The van der Waals surface area contributed by atoms with E-state index in [-0.39, 0.29) is 11.4 Å². The van der Waals surface area contributed by atoms with Crippen LogP contribution in [0, 0.1) is 5.82 Å². The van der Waals surface area contributed by atoms with E-state index in [2.05, 4.69) is 26.1 Å². The fraction of sp³-hybridized carbons (Fsp3) is 0.455. The van der Waals surface area contributed by atoms with Gasteiger partial charge in [0.1, 0.15) is 5.82 Å². The third-order valence-electron chi connectivity index (χ3n) is 3.04. The number of anilines is 1. The molecule has 0 saturated carbocycles. The van der Waals surface area contributed by atoms with Gasteiger partial charge in [-0.3, -0.25) is 0 Å². The largest absolute Gasteiger partial charge is 0.377 e. The average Bonchev–Trinajstić information content (AvgIpc) is 2.28. The van der Waals surface area contributed by atoms with Crippen LogP contribution < -0.4 is 5.32 Å². The summed E-state index contributed by atoms with van der Waals surface area (Å²) in [5.41, 5.74) is 1.73. The minimum absolute atomic E-state index is 0.0372. The zero-order valence-corrected chi connectivity index (χ0v) is 8.19. The molecule has 0 bridgehead atoms. The summed E-state index contributed by atoms with van der Waals surface area (Å²) >= 11 is 0. The Labute approximate surface area is 78.0 Å². The van der Waals surface area contributed by atoms with Crippen LogP contribution in [-0.4, -0.2) is 5.54 Å². The van der Waals surface area contributed by atoms with Crippen LogP contribution in [-0.2, 0) is 0 Å². The van der Waals surface area contributed by atoms with Gasteiger partial charge >= 0.3 is 0 Å². The van der Waals surface area contributed by atoms with Gasteiger partial charge in [-0.15, -0.1) is 0 Å². The molecule has 70 valence electrons. The fourth-order valence-corrected chi connectivity index (χ4v) is 1.85. The van der Waals surface area contributed by atoms with E-state index in [1.165, 1.54) is 6.07 Å². The predicted molar refractivity (Wildman–Crippen MR) is 52.5 cm³/mol. The van der Waals surface area contributed by atoms with Crippen molar-refractivity contribution in [1.82, 2.24) is 0 Å². The standard InChI is InChI=1S/C11H14FN/c1-7-8-5-4-6-9(12)10(8)13-11(7,2)3/h4-7,13H,1-3H3. The van der Waals surface area contributed by atoms with E-state index < -0.39 is 0 Å². The molecule has 1 nitrogen and oxygen atoms in total. The van der Waals surface area contributed by atoms with Gasteiger partial charge in [-0.25, -0.2) is 4.39 Å². The van der Waals surface area contributed by atoms with E-state index in [9.17, 15) is 4.39 Å². The summed E-state index contributed by atoms with van der Waals surface area (Å²) in [6.45, 7) is 6.31. The average molecular weight is 179 g/mol. The molecule has 1 unspecified atom stereocenters. The lowest BCUT2D eigenvalue weighted by molar-refractivity contribution is 0.502. The van der Waals surface area contributed by atoms with Gasteiger partial charge < -0.3 is 5.32 Å². The molecule has 1 aromatic rings. The molecule has 13 heavy (non-hydrogen) atoms. The van der Waals surface area contributed by atoms with Crippen LogP contribution in [0.2, 0.25) is 0 Å². The Morgan fingerprint density at radius 1 is 1.38 bits per heavy atom. The number of benzene rings is 1. The van der Waals surface area contributed by atoms with Crippen molar-refractivity contribution in [2.24, 2.45) is 0 Å². The molecule has 0 fully saturated rings. The van der Waals surface area contributed by atoms with Crippen molar-refractivity contribution in [3.05, 3.63) is 29.6 Å². The first-order valence-corrected chi connectivity index (χ1v) is 4.59. The van der Waals surface area contributed by atoms with Crippen LogP contribution in [0.5, 0.6) is 0 Å². The second kappa shape index (κ2) is 2.47. The SMILES string of the molecule is CC1c2cccc(F)c2NC1(C)C. The molecule has 1 N–H and O–H groups in total. The maximum atomic E-state index is 13.3. The quantitative estimate of drug-likeness (QED) is 0.645. The van der Waals surface area contributed by atoms with Crippen molar-refractivity contribution in [3.8, 4) is 0 Å². The van der Waals surface area contributed by atoms with Crippen molar-refractivity contribution in [2.75, 3.05) is 5.32 Å². The van der Waals surface area contributed by atoms with Gasteiger partial charge in [-0.2, -0.15) is 0 Å². The lowest BCUT2D eigenvalue weighted by Gasteiger charge is -2.24. The van der Waals surface area contributed by atoms with Crippen LogP contribution in [0.25, 0.3) is 0 Å². The molecular weight excluding hydrogens is 165 g/mol. The third kappa shape index (κ3) is 1.12. The minimum Gasteiger partial charge on any atom is -0.377 e. The van der Waals surface area contributed by atoms with Gasteiger partial charge in [0.15, 0.2) is 0 Å². The first-order chi connectivity index (χ1) is 6.02. The number of halogens is 1. The zero-order chi connectivity index (χ0) is 9.64. The van der Waals surface area contributed by atoms with Gasteiger partial charge in [-0.05, 0) is 25.5 Å². The summed E-state index contributed by atoms with van der Waals surface area (Å²) in [6, 6.07) is 5.26. The lowest BCUT2D eigenvalue weighted by Crippen LogP contribution is -2.30. The van der Waals surface area contributed by atoms with Crippen LogP contribution in [0.4, 0.5) is 10.1 Å². The minimum atomic E-state index is -0.144. The molecule has 1 aliphatic rings. The molecular formula is C11H14FN. The molecule has 0 saturated heterocycles. The summed E-state index contributed by atoms with van der Waals surface area (Å²) in [5.74, 6) is 0.216. The molecule has 1 heterocycles. The Hall–Kier alpha value is -1.05. The van der Waals surface area contributed by atoms with Crippen LogP contribution >= 0.6 is 0 Å². The Balaban J connectivity index is 2.56. The third-order valence-corrected chi connectivity index (χ3v) is 3.04. The van der Waals surface area contributed by atoms with E-state index in [1.54, 1.807) is 6.07 Å². The second-order valence-electron chi connectivity index (χ2n) is 4.27. The summed E-state index contributed by atoms with van der Waals surface area (Å²) in [5, 5.41) is 3.22. The predicted octanol–water partition coefficient (Wildman–Crippen LogP) is 3.13. The molecule has 1 atom stereocenters. The fourth-order valence-electron chi connectivity index (χ4n) is 1.85. The molecule has 2 heteroatoms. The number of hydrogen-bond acceptors (Lipinski definition) is 1. The number of fused-ring (bicyclic) bond motifs is 1. The summed E-state index contributed by atoms with van der Waals surface area (Å²) in [7, 11) is 0. The van der Waals surface area contributed by atoms with Gasteiger partial charge in [0.2, 0.25) is 0 Å². The van der Waals surface area contributed by atoms with Crippen molar-refractivity contribution in [1.29, 1.82) is 0 Å². The summed E-state index contributed by atoms with van der Waals surface area (Å²) in [4.78, 5) is 0. The van der Waals surface area contributed by atoms with Crippen molar-refractivity contribution in [2.45, 2.75) is 32.2 Å². The highest BCUT2D eigenvalue weighted by Crippen LogP contribution is 2.42. The zero-order valence-electron chi connectivity index (χ0n) is 8.19. The van der Waals surface area contributed by atoms with Crippen LogP contribution in [0.1, 0.15) is 32.3 Å². The summed E-state index contributed by atoms with van der Waals surface area (Å²) in [6.07, 6.45) is 0. The Morgan fingerprint density at radius 2 is 2.08 bits per heavy atom. The van der Waals surface area contributed by atoms with E-state index in [0.29, 0.717) is 11.6 Å². The number of rotatable bonds is 0. The molecule has 0 aliphatic carbocycles. The van der Waals surface area contributed by atoms with Gasteiger partial charge in [0.05, 0.1) is 5.69 Å². The van der Waals surface area contributed by atoms with Crippen molar-refractivity contribution >= 4 is 5.69 Å². The molecule has 1 aliphatic heterocycles. The van der Waals surface area contributed by atoms with E-state index >= 15 is 0 Å². The van der Waals surface area contributed by atoms with Gasteiger partial charge in [0, 0.05) is 11.5 Å². The first kappa shape index (κ1) is 8.54. The van der Waals surface area contributed by atoms with E-state index in [4.69, 9.17) is 0 Å². The van der Waals surface area contributed by atoms with Gasteiger partial charge in [-0.1, -0.05) is 19.1 Å². The lowest BCUT2D eigenvalue weighted by atomic mass is 9.88. The molecule has 1 aromatic carbocycles. The summed E-state index contributed by atoms with van der Waals surface area (Å²) < 4.78 is 13.3. The Bertz CT molecular complexity index is 344. The highest BCUT2D eigenvalue weighted by Gasteiger charge is 2.36. The van der Waals surface area contributed by atoms with Crippen molar-refractivity contribution < 1.29 is 4.39 Å². The molecule has 2 rings (SSSR count). The maximum Gasteiger partial charge on any atom is 0.146 e. The Morgan fingerprint density at radius 3 is 2.69 bits per heavy atom. The Kier molecular flexibility index (Phi) is 1.62. The van der Waals surface area contributed by atoms with Crippen LogP contribution in [0.3, 0.4) is 0 Å². The normalized spacial score (nSPS) is 23.8. The van der Waals surface area contributed by atoms with Crippen LogP contribution in [0.15, 0.2) is 18.2 Å². The maximum absolute atomic E-state index is 13.3. The topological polar surface area (TPSA) is 12.0 Å². The van der Waals surface area contributed by atoms with E-state index in [1.807, 2.05) is 6.07 Å². The monoisotopic (exact) mass is 179 g/mol. The highest BCUT2D eigenvalue weighted by atomic mass is 19.1. The molecule has 0 radical (unpaired) electrons. The van der Waals surface area contributed by atoms with Gasteiger partial charge in [0.25, 0.3) is 0 Å². The van der Waals surface area contributed by atoms with Crippen molar-refractivity contribution in [3.63, 3.8) is 0 Å². The second-order valence-corrected chi connectivity index (χ2v) is 4.27. The smallest absolute Gasteiger partial charge is 0.146 e. The number of nitrogens with one attached hydrogen (secondary N) is 1. The molecule has 0 amide bonds. The highest BCUT2D eigenvalue weighted by molar-refractivity contribution is 5.61. The molecule has 0 spiro atoms. The molecule has 0 aromatic heterocycles. The first-order valence-electron chi connectivity index (χ1n) is 4.59. The van der Waals surface area contributed by atoms with E-state index in [0.717, 1.165) is 5.56 Å².